The van der Waals surface area contributed by atoms with E-state index in [1.165, 1.54) is 19.3 Å². The first-order valence-corrected chi connectivity index (χ1v) is 6.95. The molecule has 0 radical (unpaired) electrons. The van der Waals surface area contributed by atoms with Gasteiger partial charge < -0.3 is 5.32 Å². The Bertz CT molecular complexity index is 653. The number of fused-ring (bicyclic) bond motifs is 1. The number of anilines is 1. The fourth-order valence-corrected chi connectivity index (χ4v) is 2.74. The molecule has 0 spiro atoms. The summed E-state index contributed by atoms with van der Waals surface area (Å²) >= 11 is 0. The highest BCUT2D eigenvalue weighted by atomic mass is 16.6. The van der Waals surface area contributed by atoms with Crippen molar-refractivity contribution >= 4 is 22.3 Å². The monoisotopic (exact) mass is 271 g/mol. The van der Waals surface area contributed by atoms with E-state index in [0.717, 1.165) is 5.69 Å². The molecule has 2 aromatic rings. The van der Waals surface area contributed by atoms with Gasteiger partial charge in [0.15, 0.2) is 0 Å². The van der Waals surface area contributed by atoms with Crippen molar-refractivity contribution in [1.82, 2.24) is 4.98 Å². The molecule has 1 aliphatic carbocycles. The number of rotatable bonds is 4. The van der Waals surface area contributed by atoms with E-state index in [1.807, 2.05) is 0 Å². The number of hydrogen-bond acceptors (Lipinski definition) is 4. The molecule has 1 atom stereocenters. The van der Waals surface area contributed by atoms with Crippen LogP contribution in [0.15, 0.2) is 30.5 Å². The summed E-state index contributed by atoms with van der Waals surface area (Å²) in [6, 6.07) is 7.17. The van der Waals surface area contributed by atoms with Crippen LogP contribution in [-0.4, -0.2) is 15.9 Å². The Morgan fingerprint density at radius 3 is 2.85 bits per heavy atom. The first-order chi connectivity index (χ1) is 9.66. The second-order valence-electron chi connectivity index (χ2n) is 5.41. The lowest BCUT2D eigenvalue weighted by Crippen LogP contribution is -2.30. The number of pyridine rings is 1. The Morgan fingerprint density at radius 1 is 1.40 bits per heavy atom. The lowest BCUT2D eigenvalue weighted by Gasteiger charge is -2.32. The van der Waals surface area contributed by atoms with E-state index in [2.05, 4.69) is 17.2 Å². The molecule has 1 unspecified atom stereocenters. The summed E-state index contributed by atoms with van der Waals surface area (Å²) in [7, 11) is 0. The predicted octanol–water partition coefficient (Wildman–Crippen LogP) is 3.74. The third-order valence-corrected chi connectivity index (χ3v) is 4.18. The number of non-ortho nitro benzene ring substituents is 1. The van der Waals surface area contributed by atoms with Crippen LogP contribution in [0.5, 0.6) is 0 Å². The number of benzene rings is 1. The second-order valence-corrected chi connectivity index (χ2v) is 5.41. The van der Waals surface area contributed by atoms with Crippen molar-refractivity contribution in [3.63, 3.8) is 0 Å². The maximum atomic E-state index is 11.1. The minimum Gasteiger partial charge on any atom is -0.381 e. The van der Waals surface area contributed by atoms with E-state index < -0.39 is 0 Å². The molecule has 1 aromatic heterocycles. The largest absolute Gasteiger partial charge is 0.381 e. The molecule has 1 fully saturated rings. The summed E-state index contributed by atoms with van der Waals surface area (Å²) in [4.78, 5) is 15.0. The number of nitrogens with zero attached hydrogens (tertiary/aromatic N) is 2. The Balaban J connectivity index is 1.99. The van der Waals surface area contributed by atoms with E-state index in [0.29, 0.717) is 22.9 Å². The summed E-state index contributed by atoms with van der Waals surface area (Å²) in [5.41, 5.74) is 1.66. The van der Waals surface area contributed by atoms with Gasteiger partial charge in [0, 0.05) is 18.3 Å². The molecule has 1 aromatic carbocycles. The third kappa shape index (κ3) is 2.19. The van der Waals surface area contributed by atoms with E-state index in [9.17, 15) is 10.1 Å². The van der Waals surface area contributed by atoms with Crippen LogP contribution in [0.1, 0.15) is 26.2 Å². The van der Waals surface area contributed by atoms with Crippen molar-refractivity contribution in [2.75, 3.05) is 5.32 Å². The van der Waals surface area contributed by atoms with E-state index in [-0.39, 0.29) is 10.6 Å². The van der Waals surface area contributed by atoms with Gasteiger partial charge in [-0.2, -0.15) is 0 Å². The van der Waals surface area contributed by atoms with Gasteiger partial charge in [-0.25, -0.2) is 0 Å². The van der Waals surface area contributed by atoms with Gasteiger partial charge in [0.25, 0.3) is 5.69 Å². The summed E-state index contributed by atoms with van der Waals surface area (Å²) in [5, 5.41) is 15.1. The molecule has 0 saturated heterocycles. The van der Waals surface area contributed by atoms with Gasteiger partial charge in [0.1, 0.15) is 5.52 Å². The lowest BCUT2D eigenvalue weighted by atomic mass is 9.80. The van der Waals surface area contributed by atoms with Crippen molar-refractivity contribution in [2.24, 2.45) is 5.92 Å². The zero-order valence-electron chi connectivity index (χ0n) is 11.4. The molecule has 20 heavy (non-hydrogen) atoms. The molecule has 0 bridgehead atoms. The normalized spacial score (nSPS) is 16.6. The van der Waals surface area contributed by atoms with Gasteiger partial charge in [-0.05, 0) is 43.9 Å². The van der Waals surface area contributed by atoms with Crippen molar-refractivity contribution in [3.8, 4) is 0 Å². The topological polar surface area (TPSA) is 68.1 Å². The fraction of sp³-hybridized carbons (Fsp3) is 0.400. The average Bonchev–Trinajstić information content (AvgIpc) is 2.36. The number of nitrogens with one attached hydrogen (secondary N) is 1. The lowest BCUT2D eigenvalue weighted by molar-refractivity contribution is -0.383. The number of aromatic nitrogens is 1. The minimum absolute atomic E-state index is 0.106. The van der Waals surface area contributed by atoms with E-state index >= 15 is 0 Å². The Labute approximate surface area is 117 Å². The molecule has 3 rings (SSSR count). The van der Waals surface area contributed by atoms with E-state index in [1.54, 1.807) is 30.5 Å². The van der Waals surface area contributed by atoms with Crippen molar-refractivity contribution < 1.29 is 4.92 Å². The van der Waals surface area contributed by atoms with Crippen molar-refractivity contribution in [2.45, 2.75) is 32.2 Å². The van der Waals surface area contributed by atoms with Gasteiger partial charge in [-0.3, -0.25) is 15.1 Å². The van der Waals surface area contributed by atoms with Crippen LogP contribution in [0.25, 0.3) is 10.9 Å². The van der Waals surface area contributed by atoms with Crippen LogP contribution in [0.3, 0.4) is 0 Å². The average molecular weight is 271 g/mol. The number of nitro benzene ring substituents is 1. The number of nitro groups is 1. The molecule has 0 amide bonds. The van der Waals surface area contributed by atoms with Gasteiger partial charge in [-0.1, -0.05) is 6.42 Å². The standard InChI is InChI=1S/C15H17N3O2/c1-10(11-4-2-5-11)17-13-7-8-14(18(19)20)12-6-3-9-16-15(12)13/h3,6-11,17H,2,4-5H2,1H3. The molecule has 1 saturated carbocycles. The zero-order chi connectivity index (χ0) is 14.1. The second kappa shape index (κ2) is 5.07. The van der Waals surface area contributed by atoms with Crippen molar-refractivity contribution in [3.05, 3.63) is 40.6 Å². The fourth-order valence-electron chi connectivity index (χ4n) is 2.74. The Kier molecular flexibility index (Phi) is 3.26. The molecule has 104 valence electrons. The first-order valence-electron chi connectivity index (χ1n) is 6.95. The van der Waals surface area contributed by atoms with Crippen LogP contribution in [-0.2, 0) is 0 Å². The van der Waals surface area contributed by atoms with Crippen LogP contribution in [0.4, 0.5) is 11.4 Å². The van der Waals surface area contributed by atoms with Gasteiger partial charge in [0.2, 0.25) is 0 Å². The van der Waals surface area contributed by atoms with E-state index in [4.69, 9.17) is 0 Å². The number of hydrogen-bond donors (Lipinski definition) is 1. The Hall–Kier alpha value is -2.17. The highest BCUT2D eigenvalue weighted by molar-refractivity contribution is 5.96. The molecular formula is C15H17N3O2. The van der Waals surface area contributed by atoms with Crippen molar-refractivity contribution in [1.29, 1.82) is 0 Å². The molecular weight excluding hydrogens is 254 g/mol. The Morgan fingerprint density at radius 2 is 2.20 bits per heavy atom. The highest BCUT2D eigenvalue weighted by Crippen LogP contribution is 2.34. The van der Waals surface area contributed by atoms with Gasteiger partial charge in [-0.15, -0.1) is 0 Å². The molecule has 1 heterocycles. The smallest absolute Gasteiger partial charge is 0.278 e. The SMILES string of the molecule is CC(Nc1ccc([N+](=O)[O-])c2cccnc12)C1CCC1. The van der Waals surface area contributed by atoms with Gasteiger partial charge >= 0.3 is 0 Å². The van der Waals surface area contributed by atoms with Gasteiger partial charge in [0.05, 0.1) is 16.0 Å². The first kappa shape index (κ1) is 12.8. The summed E-state index contributed by atoms with van der Waals surface area (Å²) in [5.74, 6) is 0.698. The molecule has 1 N–H and O–H groups in total. The molecule has 5 heteroatoms. The maximum absolute atomic E-state index is 11.1. The molecule has 5 nitrogen and oxygen atoms in total. The quantitative estimate of drug-likeness (QED) is 0.679. The summed E-state index contributed by atoms with van der Waals surface area (Å²) in [6.07, 6.45) is 5.49. The predicted molar refractivity (Wildman–Crippen MR) is 78.8 cm³/mol. The minimum atomic E-state index is -0.358. The molecule has 0 aliphatic heterocycles. The van der Waals surface area contributed by atoms with Crippen LogP contribution >= 0.6 is 0 Å². The summed E-state index contributed by atoms with van der Waals surface area (Å²) in [6.45, 7) is 2.17. The third-order valence-electron chi connectivity index (χ3n) is 4.18. The van der Waals surface area contributed by atoms with Crippen LogP contribution in [0, 0.1) is 16.0 Å². The highest BCUT2D eigenvalue weighted by Gasteiger charge is 2.24. The summed E-state index contributed by atoms with van der Waals surface area (Å²) < 4.78 is 0. The van der Waals surface area contributed by atoms with Crippen LogP contribution in [0.2, 0.25) is 0 Å². The maximum Gasteiger partial charge on any atom is 0.278 e. The zero-order valence-corrected chi connectivity index (χ0v) is 11.4. The molecule has 1 aliphatic rings. The van der Waals surface area contributed by atoms with Crippen LogP contribution < -0.4 is 5.32 Å².